The Morgan fingerprint density at radius 1 is 1.17 bits per heavy atom. The van der Waals surface area contributed by atoms with E-state index >= 15 is 0 Å². The average Bonchev–Trinajstić information content (AvgIpc) is 2.58. The number of hydrogen-bond donors (Lipinski definition) is 1. The lowest BCUT2D eigenvalue weighted by atomic mass is 9.95. The zero-order chi connectivity index (χ0) is 17.1. The van der Waals surface area contributed by atoms with E-state index in [0.717, 1.165) is 25.9 Å². The van der Waals surface area contributed by atoms with E-state index in [1.54, 1.807) is 12.1 Å². The number of carbonyl (C=O) groups is 1. The number of amides is 1. The van der Waals surface area contributed by atoms with E-state index in [2.05, 4.69) is 57.3 Å². The summed E-state index contributed by atoms with van der Waals surface area (Å²) in [7, 11) is 0. The van der Waals surface area contributed by atoms with Gasteiger partial charge in [0, 0.05) is 29.2 Å². The van der Waals surface area contributed by atoms with Gasteiger partial charge in [-0.2, -0.15) is 0 Å². The average molecular weight is 391 g/mol. The van der Waals surface area contributed by atoms with Gasteiger partial charge in [-0.15, -0.1) is 0 Å². The Hall–Kier alpha value is -1.88. The molecule has 24 heavy (non-hydrogen) atoms. The number of piperidine rings is 1. The first kappa shape index (κ1) is 17.0. The number of carbonyl (C=O) groups excluding carboxylic acids is 1. The van der Waals surface area contributed by atoms with E-state index in [4.69, 9.17) is 0 Å². The number of benzene rings is 2. The lowest BCUT2D eigenvalue weighted by Gasteiger charge is -2.33. The van der Waals surface area contributed by atoms with Gasteiger partial charge in [-0.3, -0.25) is 4.79 Å². The van der Waals surface area contributed by atoms with Gasteiger partial charge >= 0.3 is 0 Å². The van der Waals surface area contributed by atoms with Crippen LogP contribution in [0.25, 0.3) is 0 Å². The van der Waals surface area contributed by atoms with E-state index in [-0.39, 0.29) is 17.5 Å². The summed E-state index contributed by atoms with van der Waals surface area (Å²) in [5, 5.41) is 2.72. The molecule has 1 fully saturated rings. The highest BCUT2D eigenvalue weighted by Gasteiger charge is 2.25. The molecule has 0 aliphatic carbocycles. The Bertz CT molecular complexity index is 725. The van der Waals surface area contributed by atoms with Crippen molar-refractivity contribution in [3.8, 4) is 0 Å². The Kier molecular flexibility index (Phi) is 5.19. The van der Waals surface area contributed by atoms with Crippen molar-refractivity contribution in [1.82, 2.24) is 0 Å². The molecular weight excluding hydrogens is 371 g/mol. The smallest absolute Gasteiger partial charge is 0.227 e. The number of anilines is 2. The van der Waals surface area contributed by atoms with Crippen LogP contribution in [0, 0.1) is 18.7 Å². The minimum atomic E-state index is -0.421. The highest BCUT2D eigenvalue weighted by atomic mass is 79.9. The van der Waals surface area contributed by atoms with Gasteiger partial charge in [0.1, 0.15) is 5.82 Å². The van der Waals surface area contributed by atoms with Crippen LogP contribution < -0.4 is 10.2 Å². The molecule has 3 nitrogen and oxygen atoms in total. The van der Waals surface area contributed by atoms with Gasteiger partial charge in [-0.05, 0) is 50.1 Å². The fourth-order valence-corrected chi connectivity index (χ4v) is 3.31. The number of nitrogens with one attached hydrogen (secondary N) is 1. The largest absolute Gasteiger partial charge is 0.371 e. The van der Waals surface area contributed by atoms with Gasteiger partial charge in [0.15, 0.2) is 0 Å². The Balaban J connectivity index is 1.58. The third kappa shape index (κ3) is 3.96. The highest BCUT2D eigenvalue weighted by molar-refractivity contribution is 9.10. The van der Waals surface area contributed by atoms with Crippen molar-refractivity contribution in [3.63, 3.8) is 0 Å². The van der Waals surface area contributed by atoms with Gasteiger partial charge in [-0.25, -0.2) is 4.39 Å². The highest BCUT2D eigenvalue weighted by Crippen LogP contribution is 2.26. The molecule has 1 aliphatic rings. The summed E-state index contributed by atoms with van der Waals surface area (Å²) < 4.78 is 14.5. The number of rotatable bonds is 3. The van der Waals surface area contributed by atoms with Gasteiger partial charge in [0.25, 0.3) is 0 Å². The van der Waals surface area contributed by atoms with Crippen LogP contribution in [0.4, 0.5) is 15.8 Å². The first-order valence-corrected chi connectivity index (χ1v) is 8.90. The van der Waals surface area contributed by atoms with Crippen LogP contribution in [0.5, 0.6) is 0 Å². The molecular formula is C19H20BrFN2O. The fourth-order valence-electron chi connectivity index (χ4n) is 2.98. The standard InChI is InChI=1S/C19H20BrFN2O/c1-13-2-5-16(6-3-13)23-10-8-14(9-11-23)19(24)22-18-7-4-15(20)12-17(18)21/h2-7,12,14H,8-11H2,1H3,(H,22,24). The van der Waals surface area contributed by atoms with Crippen LogP contribution in [0.15, 0.2) is 46.9 Å². The molecule has 3 rings (SSSR count). The first-order chi connectivity index (χ1) is 11.5. The molecule has 1 heterocycles. The number of hydrogen-bond acceptors (Lipinski definition) is 2. The molecule has 0 saturated carbocycles. The summed E-state index contributed by atoms with van der Waals surface area (Å²) in [6, 6.07) is 13.1. The summed E-state index contributed by atoms with van der Waals surface area (Å²) in [5.74, 6) is -0.593. The summed E-state index contributed by atoms with van der Waals surface area (Å²) in [5.41, 5.74) is 2.67. The predicted octanol–water partition coefficient (Wildman–Crippen LogP) is 4.75. The Labute approximate surface area is 150 Å². The molecule has 1 aliphatic heterocycles. The third-order valence-corrected chi connectivity index (χ3v) is 4.95. The molecule has 126 valence electrons. The number of nitrogens with zero attached hydrogens (tertiary/aromatic N) is 1. The summed E-state index contributed by atoms with van der Waals surface area (Å²) in [6.07, 6.45) is 1.55. The maximum Gasteiger partial charge on any atom is 0.227 e. The van der Waals surface area contributed by atoms with E-state index in [1.807, 2.05) is 0 Å². The van der Waals surface area contributed by atoms with Crippen LogP contribution in [-0.2, 0) is 4.79 Å². The normalized spacial score (nSPS) is 15.4. The van der Waals surface area contributed by atoms with Crippen molar-refractivity contribution in [2.24, 2.45) is 5.92 Å². The molecule has 0 unspecified atom stereocenters. The van der Waals surface area contributed by atoms with Crippen LogP contribution >= 0.6 is 15.9 Å². The minimum absolute atomic E-state index is 0.0743. The number of halogens is 2. The van der Waals surface area contributed by atoms with E-state index in [9.17, 15) is 9.18 Å². The molecule has 2 aromatic carbocycles. The fraction of sp³-hybridized carbons (Fsp3) is 0.316. The SMILES string of the molecule is Cc1ccc(N2CCC(C(=O)Nc3ccc(Br)cc3F)CC2)cc1. The Morgan fingerprint density at radius 3 is 2.46 bits per heavy atom. The molecule has 0 aromatic heterocycles. The monoisotopic (exact) mass is 390 g/mol. The second-order valence-corrected chi connectivity index (χ2v) is 7.13. The van der Waals surface area contributed by atoms with Gasteiger partial charge < -0.3 is 10.2 Å². The van der Waals surface area contributed by atoms with Crippen molar-refractivity contribution in [3.05, 3.63) is 58.3 Å². The molecule has 0 atom stereocenters. The molecule has 0 spiro atoms. The summed E-state index contributed by atoms with van der Waals surface area (Å²) in [6.45, 7) is 3.75. The van der Waals surface area contributed by atoms with Crippen LogP contribution in [0.1, 0.15) is 18.4 Å². The predicted molar refractivity (Wildman–Crippen MR) is 98.8 cm³/mol. The van der Waals surface area contributed by atoms with Crippen LogP contribution in [-0.4, -0.2) is 19.0 Å². The molecule has 0 bridgehead atoms. The minimum Gasteiger partial charge on any atom is -0.371 e. The topological polar surface area (TPSA) is 32.3 Å². The van der Waals surface area contributed by atoms with Gasteiger partial charge in [0.2, 0.25) is 5.91 Å². The molecule has 5 heteroatoms. The zero-order valence-corrected chi connectivity index (χ0v) is 15.1. The van der Waals surface area contributed by atoms with Gasteiger partial charge in [-0.1, -0.05) is 33.6 Å². The second-order valence-electron chi connectivity index (χ2n) is 6.21. The molecule has 1 saturated heterocycles. The quantitative estimate of drug-likeness (QED) is 0.819. The molecule has 1 amide bonds. The van der Waals surface area contributed by atoms with Crippen molar-refractivity contribution in [2.75, 3.05) is 23.3 Å². The lowest BCUT2D eigenvalue weighted by molar-refractivity contribution is -0.120. The van der Waals surface area contributed by atoms with Crippen molar-refractivity contribution in [2.45, 2.75) is 19.8 Å². The Morgan fingerprint density at radius 2 is 1.83 bits per heavy atom. The maximum absolute atomic E-state index is 13.8. The van der Waals surface area contributed by atoms with Crippen LogP contribution in [0.3, 0.4) is 0 Å². The lowest BCUT2D eigenvalue weighted by Crippen LogP contribution is -2.38. The molecule has 2 aromatic rings. The molecule has 1 N–H and O–H groups in total. The first-order valence-electron chi connectivity index (χ1n) is 8.10. The van der Waals surface area contributed by atoms with Crippen LogP contribution in [0.2, 0.25) is 0 Å². The maximum atomic E-state index is 13.8. The number of aryl methyl sites for hydroxylation is 1. The van der Waals surface area contributed by atoms with E-state index in [0.29, 0.717) is 4.47 Å². The van der Waals surface area contributed by atoms with Crippen molar-refractivity contribution < 1.29 is 9.18 Å². The summed E-state index contributed by atoms with van der Waals surface area (Å²) >= 11 is 3.21. The summed E-state index contributed by atoms with van der Waals surface area (Å²) in [4.78, 5) is 14.7. The van der Waals surface area contributed by atoms with E-state index < -0.39 is 5.82 Å². The van der Waals surface area contributed by atoms with E-state index in [1.165, 1.54) is 17.3 Å². The zero-order valence-electron chi connectivity index (χ0n) is 13.6. The van der Waals surface area contributed by atoms with Crippen molar-refractivity contribution in [1.29, 1.82) is 0 Å². The molecule has 0 radical (unpaired) electrons. The van der Waals surface area contributed by atoms with Gasteiger partial charge in [0.05, 0.1) is 5.69 Å². The third-order valence-electron chi connectivity index (χ3n) is 4.45. The van der Waals surface area contributed by atoms with Crippen molar-refractivity contribution >= 4 is 33.2 Å². The second kappa shape index (κ2) is 7.34.